The molecule has 0 saturated heterocycles. The summed E-state index contributed by atoms with van der Waals surface area (Å²) >= 11 is 12.8. The fourth-order valence-electron chi connectivity index (χ4n) is 0. The standard InChI is InChI=1S/Cl3Ge.Cl3Si.ClH/c2*1-4(2)3;/h;;1H. The first-order valence-electron chi connectivity index (χ1n) is 1.13. The maximum atomic E-state index is 4.97. The molecular formula is HCl7GeSi. The molecule has 0 N–H and O–H groups in total. The molecule has 9 heteroatoms. The Labute approximate surface area is 92.9 Å². The van der Waals surface area contributed by atoms with Crippen molar-refractivity contribution in [3.8, 4) is 0 Å². The van der Waals surface area contributed by atoms with E-state index in [2.05, 4.69) is 0 Å². The van der Waals surface area contributed by atoms with Gasteiger partial charge in [-0.15, -0.1) is 45.6 Å². The van der Waals surface area contributed by atoms with E-state index in [1.165, 1.54) is 0 Å². The Morgan fingerprint density at radius 3 is 0.889 bits per heavy atom. The molecule has 2 radical (unpaired) electrons. The van der Waals surface area contributed by atoms with Gasteiger partial charge in [-0.25, -0.2) is 0 Å². The zero-order chi connectivity index (χ0) is 7.15. The van der Waals surface area contributed by atoms with Crippen LogP contribution in [-0.4, -0.2) is 18.3 Å². The van der Waals surface area contributed by atoms with Crippen molar-refractivity contribution in [2.45, 2.75) is 0 Å². The Morgan fingerprint density at radius 2 is 0.889 bits per heavy atom. The Bertz CT molecular complexity index is 24.4. The van der Waals surface area contributed by atoms with Gasteiger partial charge in [0.25, 0.3) is 0 Å². The topological polar surface area (TPSA) is 0 Å². The van der Waals surface area contributed by atoms with Crippen molar-refractivity contribution in [3.05, 3.63) is 0 Å². The summed E-state index contributed by atoms with van der Waals surface area (Å²) in [5.74, 6) is 0. The van der Waals surface area contributed by atoms with E-state index in [0.717, 1.165) is 0 Å². The summed E-state index contributed by atoms with van der Waals surface area (Å²) in [6, 6.07) is 0. The summed E-state index contributed by atoms with van der Waals surface area (Å²) in [5.41, 5.74) is 0. The molecule has 0 aliphatic heterocycles. The van der Waals surface area contributed by atoms with E-state index in [0.29, 0.717) is 0 Å². The molecule has 0 aliphatic rings. The van der Waals surface area contributed by atoms with Crippen LogP contribution in [0.5, 0.6) is 0 Å². The molecule has 58 valence electrons. The third-order valence-electron chi connectivity index (χ3n) is 0. The van der Waals surface area contributed by atoms with Gasteiger partial charge in [-0.2, -0.15) is 0 Å². The third kappa shape index (κ3) is 107. The van der Waals surface area contributed by atoms with Crippen molar-refractivity contribution >= 4 is 94.0 Å². The van der Waals surface area contributed by atoms with Crippen LogP contribution in [0.3, 0.4) is 0 Å². The van der Waals surface area contributed by atoms with Gasteiger partial charge in [0, 0.05) is 0 Å². The Morgan fingerprint density at radius 1 is 0.889 bits per heavy atom. The average molecular weight is 350 g/mol. The third-order valence-corrected chi connectivity index (χ3v) is 0. The van der Waals surface area contributed by atoms with Gasteiger partial charge < -0.3 is 0 Å². The summed E-state index contributed by atoms with van der Waals surface area (Å²) in [7, 11) is 14.9. The summed E-state index contributed by atoms with van der Waals surface area (Å²) in [4.78, 5) is 0. The fraction of sp³-hybridized carbons (Fsp3) is 0. The predicted molar refractivity (Wildman–Crippen MR) is 53.9 cm³/mol. The molecule has 0 aromatic heterocycles. The number of hydrogen-bond acceptors (Lipinski definition) is 0. The number of rotatable bonds is 0. The first-order chi connectivity index (χ1) is 3.46. The van der Waals surface area contributed by atoms with Gasteiger partial charge in [-0.3, -0.25) is 0 Å². The molecule has 0 amide bonds. The molecule has 0 fully saturated rings. The molecule has 0 rings (SSSR count). The van der Waals surface area contributed by atoms with Crippen molar-refractivity contribution < 1.29 is 0 Å². The first kappa shape index (κ1) is 17.8. The molecule has 0 bridgehead atoms. The maximum absolute atomic E-state index is 4.97. The van der Waals surface area contributed by atoms with E-state index in [-0.39, 0.29) is 12.4 Å². The van der Waals surface area contributed by atoms with E-state index in [1.807, 2.05) is 0 Å². The summed E-state index contributed by atoms with van der Waals surface area (Å²) in [5, 5.41) is 0. The van der Waals surface area contributed by atoms with E-state index in [1.54, 1.807) is 0 Å². The van der Waals surface area contributed by atoms with Crippen molar-refractivity contribution in [2.75, 3.05) is 0 Å². The van der Waals surface area contributed by atoms with Gasteiger partial charge in [-0.1, -0.05) is 0 Å². The van der Waals surface area contributed by atoms with E-state index in [9.17, 15) is 0 Å². The van der Waals surface area contributed by atoms with Crippen LogP contribution in [0, 0.1) is 0 Å². The SMILES string of the molecule is Cl.Cl[Si](Cl)Cl.[Cl][Ge]([Cl])[Cl]. The molecule has 0 spiro atoms. The van der Waals surface area contributed by atoms with Gasteiger partial charge in [0.2, 0.25) is 0 Å². The first-order valence-corrected chi connectivity index (χ1v) is 13.9. The summed E-state index contributed by atoms with van der Waals surface area (Å²) in [6.45, 7) is -1.46. The summed E-state index contributed by atoms with van der Waals surface area (Å²) in [6.07, 6.45) is 0. The quantitative estimate of drug-likeness (QED) is 0.461. The van der Waals surface area contributed by atoms with Crippen LogP contribution in [0.15, 0.2) is 0 Å². The minimum absolute atomic E-state index is 0. The predicted octanol–water partition coefficient (Wildman–Crippen LogP) is 3.80. The Kier molecular flexibility index (Phi) is 26.4. The van der Waals surface area contributed by atoms with Gasteiger partial charge in [0.15, 0.2) is 0 Å². The van der Waals surface area contributed by atoms with Crippen molar-refractivity contribution in [1.82, 2.24) is 0 Å². The zero-order valence-electron chi connectivity index (χ0n) is 3.68. The molecule has 9 heavy (non-hydrogen) atoms. The van der Waals surface area contributed by atoms with Crippen LogP contribution in [-0.2, 0) is 0 Å². The van der Waals surface area contributed by atoms with Gasteiger partial charge >= 0.3 is 48.3 Å². The molecule has 0 heterocycles. The van der Waals surface area contributed by atoms with Crippen molar-refractivity contribution in [3.63, 3.8) is 0 Å². The van der Waals surface area contributed by atoms with Crippen LogP contribution < -0.4 is 0 Å². The molecule has 0 aromatic rings. The molecule has 0 unspecified atom stereocenters. The average Bonchev–Trinajstić information content (AvgIpc) is 1.25. The Balaban J connectivity index is -0.0000000720. The number of halogens is 7. The fourth-order valence-corrected chi connectivity index (χ4v) is 0. The van der Waals surface area contributed by atoms with Crippen LogP contribution in [0.25, 0.3) is 0 Å². The van der Waals surface area contributed by atoms with Crippen LogP contribution in [0.2, 0.25) is 0 Å². The number of hydrogen-bond donors (Lipinski definition) is 0. The van der Waals surface area contributed by atoms with Crippen molar-refractivity contribution in [2.24, 2.45) is 0 Å². The molecule has 0 saturated carbocycles. The van der Waals surface area contributed by atoms with Gasteiger partial charge in [-0.05, 0) is 0 Å². The molecular weight excluding hydrogens is 349 g/mol. The van der Waals surface area contributed by atoms with Crippen molar-refractivity contribution in [1.29, 1.82) is 0 Å². The monoisotopic (exact) mass is 348 g/mol. The Hall–Kier alpha value is 2.79. The summed E-state index contributed by atoms with van der Waals surface area (Å²) < 4.78 is 0. The normalized spacial score (nSPS) is 8.00. The second-order valence-corrected chi connectivity index (χ2v) is 15.8. The van der Waals surface area contributed by atoms with Gasteiger partial charge in [0.05, 0.1) is 0 Å². The minimum atomic E-state index is -1.92. The molecule has 0 nitrogen and oxygen atoms in total. The molecule has 0 atom stereocenters. The zero-order valence-corrected chi connectivity index (χ0v) is 12.1. The van der Waals surface area contributed by atoms with E-state index < -0.39 is 18.3 Å². The molecule has 0 aromatic carbocycles. The second kappa shape index (κ2) is 13.4. The van der Waals surface area contributed by atoms with Crippen LogP contribution >= 0.6 is 75.7 Å². The second-order valence-electron chi connectivity index (χ2n) is 0.429. The molecule has 0 aliphatic carbocycles. The van der Waals surface area contributed by atoms with Gasteiger partial charge in [0.1, 0.15) is 0 Å². The van der Waals surface area contributed by atoms with Crippen LogP contribution in [0.1, 0.15) is 0 Å². The van der Waals surface area contributed by atoms with E-state index in [4.69, 9.17) is 63.3 Å². The van der Waals surface area contributed by atoms with Crippen LogP contribution in [0.4, 0.5) is 0 Å². The van der Waals surface area contributed by atoms with E-state index >= 15 is 0 Å².